The molecule has 100 valence electrons. The van der Waals surface area contributed by atoms with E-state index in [1.165, 1.54) is 32.7 Å². The fourth-order valence-corrected chi connectivity index (χ4v) is 3.42. The van der Waals surface area contributed by atoms with E-state index in [1.807, 2.05) is 6.07 Å². The van der Waals surface area contributed by atoms with Gasteiger partial charge in [-0.2, -0.15) is 0 Å². The Hall–Kier alpha value is -1.41. The molecule has 0 amide bonds. The Kier molecular flexibility index (Phi) is 3.91. The van der Waals surface area contributed by atoms with Crippen molar-refractivity contribution in [2.75, 3.05) is 0 Å². The number of thiophene rings is 1. The minimum absolute atomic E-state index is 0.233. The first-order valence-electron chi connectivity index (χ1n) is 6.55. The molecule has 0 bridgehead atoms. The van der Waals surface area contributed by atoms with Crippen molar-refractivity contribution in [3.05, 3.63) is 55.8 Å². The Morgan fingerprint density at radius 3 is 2.00 bits per heavy atom. The van der Waals surface area contributed by atoms with E-state index in [2.05, 4.69) is 46.8 Å². The molecular weight excluding hydrogens is 252 g/mol. The predicted molar refractivity (Wildman–Crippen MR) is 82.5 cm³/mol. The van der Waals surface area contributed by atoms with Gasteiger partial charge in [0.05, 0.1) is 4.88 Å². The number of rotatable bonds is 3. The van der Waals surface area contributed by atoms with Crippen LogP contribution in [0.5, 0.6) is 0 Å². The summed E-state index contributed by atoms with van der Waals surface area (Å²) in [5.74, 6) is 0.233. The summed E-state index contributed by atoms with van der Waals surface area (Å²) < 4.78 is 0. The van der Waals surface area contributed by atoms with Gasteiger partial charge in [-0.05, 0) is 62.9 Å². The maximum Gasteiger partial charge on any atom is 0.177 e. The molecule has 0 radical (unpaired) electrons. The quantitative estimate of drug-likeness (QED) is 0.739. The van der Waals surface area contributed by atoms with E-state index >= 15 is 0 Å². The number of carbonyl (C=O) groups is 1. The smallest absolute Gasteiger partial charge is 0.177 e. The van der Waals surface area contributed by atoms with Crippen molar-refractivity contribution >= 4 is 17.1 Å². The molecule has 0 saturated carbocycles. The van der Waals surface area contributed by atoms with Gasteiger partial charge < -0.3 is 0 Å². The average Bonchev–Trinajstić information content (AvgIpc) is 2.64. The van der Waals surface area contributed by atoms with Crippen molar-refractivity contribution in [2.45, 2.75) is 41.0 Å². The summed E-state index contributed by atoms with van der Waals surface area (Å²) >= 11 is 1.61. The van der Waals surface area contributed by atoms with Crippen LogP contribution in [0.25, 0.3) is 0 Å². The second-order valence-corrected chi connectivity index (χ2v) is 6.58. The monoisotopic (exact) mass is 272 g/mol. The molecule has 1 aromatic carbocycles. The minimum atomic E-state index is 0.233. The maximum atomic E-state index is 12.4. The van der Waals surface area contributed by atoms with Gasteiger partial charge in [0.15, 0.2) is 5.78 Å². The minimum Gasteiger partial charge on any atom is -0.293 e. The number of hydrogen-bond donors (Lipinski definition) is 0. The molecule has 0 aliphatic carbocycles. The number of benzene rings is 1. The number of Topliss-reactive ketones (excluding diaryl/α,β-unsaturated/α-hetero) is 1. The Morgan fingerprint density at radius 2 is 1.53 bits per heavy atom. The summed E-state index contributed by atoms with van der Waals surface area (Å²) in [6, 6.07) is 6.32. The van der Waals surface area contributed by atoms with Crippen molar-refractivity contribution in [3.63, 3.8) is 0 Å². The van der Waals surface area contributed by atoms with Crippen LogP contribution in [0.4, 0.5) is 0 Å². The van der Waals surface area contributed by atoms with E-state index < -0.39 is 0 Å². The second kappa shape index (κ2) is 5.30. The van der Waals surface area contributed by atoms with Gasteiger partial charge in [-0.25, -0.2) is 0 Å². The van der Waals surface area contributed by atoms with Crippen molar-refractivity contribution in [1.29, 1.82) is 0 Å². The SMILES string of the molecule is Cc1cc(C)c(CC(=O)c2cc(C)c(C)s2)c(C)c1. The van der Waals surface area contributed by atoms with Crippen molar-refractivity contribution in [1.82, 2.24) is 0 Å². The summed E-state index contributed by atoms with van der Waals surface area (Å²) in [5, 5.41) is 0. The zero-order valence-electron chi connectivity index (χ0n) is 12.3. The molecule has 19 heavy (non-hydrogen) atoms. The third-order valence-corrected chi connectivity index (χ3v) is 4.81. The van der Waals surface area contributed by atoms with Crippen molar-refractivity contribution in [3.8, 4) is 0 Å². The van der Waals surface area contributed by atoms with Crippen LogP contribution >= 0.6 is 11.3 Å². The number of ketones is 1. The third kappa shape index (κ3) is 2.95. The molecule has 2 rings (SSSR count). The van der Waals surface area contributed by atoms with Gasteiger partial charge >= 0.3 is 0 Å². The van der Waals surface area contributed by atoms with Crippen LogP contribution in [-0.2, 0) is 6.42 Å². The van der Waals surface area contributed by atoms with Crippen LogP contribution in [0.3, 0.4) is 0 Å². The summed E-state index contributed by atoms with van der Waals surface area (Å²) in [6.45, 7) is 10.4. The largest absolute Gasteiger partial charge is 0.293 e. The molecule has 0 atom stereocenters. The fourth-order valence-electron chi connectivity index (χ4n) is 2.45. The van der Waals surface area contributed by atoms with E-state index in [4.69, 9.17) is 0 Å². The number of aryl methyl sites for hydroxylation is 5. The summed E-state index contributed by atoms with van der Waals surface area (Å²) in [5.41, 5.74) is 6.09. The molecule has 0 saturated heterocycles. The molecule has 0 spiro atoms. The lowest BCUT2D eigenvalue weighted by Crippen LogP contribution is -2.05. The molecule has 1 heterocycles. The zero-order valence-corrected chi connectivity index (χ0v) is 13.1. The lowest BCUT2D eigenvalue weighted by Gasteiger charge is -2.10. The Bertz CT molecular complexity index is 592. The van der Waals surface area contributed by atoms with Crippen LogP contribution in [0.2, 0.25) is 0 Å². The van der Waals surface area contributed by atoms with Gasteiger partial charge in [-0.15, -0.1) is 11.3 Å². The second-order valence-electron chi connectivity index (χ2n) is 5.33. The lowest BCUT2D eigenvalue weighted by atomic mass is 9.95. The highest BCUT2D eigenvalue weighted by Gasteiger charge is 2.14. The third-order valence-electron chi connectivity index (χ3n) is 3.62. The lowest BCUT2D eigenvalue weighted by molar-refractivity contribution is 0.0996. The standard InChI is InChI=1S/C17H20OS/c1-10-6-12(3)15(13(4)7-10)9-16(18)17-8-11(2)14(5)19-17/h6-8H,9H2,1-5H3. The van der Waals surface area contributed by atoms with Crippen LogP contribution in [-0.4, -0.2) is 5.78 Å². The highest BCUT2D eigenvalue weighted by atomic mass is 32.1. The van der Waals surface area contributed by atoms with Gasteiger partial charge in [0.1, 0.15) is 0 Å². The maximum absolute atomic E-state index is 12.4. The zero-order chi connectivity index (χ0) is 14.2. The summed E-state index contributed by atoms with van der Waals surface area (Å²) in [7, 11) is 0. The van der Waals surface area contributed by atoms with E-state index in [0.717, 1.165) is 4.88 Å². The van der Waals surface area contributed by atoms with Crippen LogP contribution < -0.4 is 0 Å². The Morgan fingerprint density at radius 1 is 0.947 bits per heavy atom. The predicted octanol–water partition coefficient (Wildman–Crippen LogP) is 4.72. The first-order valence-corrected chi connectivity index (χ1v) is 7.37. The molecule has 2 heteroatoms. The first kappa shape index (κ1) is 14.0. The van der Waals surface area contributed by atoms with Gasteiger partial charge in [-0.1, -0.05) is 17.7 Å². The molecule has 2 aromatic rings. The molecule has 0 aliphatic heterocycles. The van der Waals surface area contributed by atoms with E-state index in [1.54, 1.807) is 11.3 Å². The molecule has 0 aliphatic rings. The van der Waals surface area contributed by atoms with Crippen molar-refractivity contribution in [2.24, 2.45) is 0 Å². The normalized spacial score (nSPS) is 10.8. The van der Waals surface area contributed by atoms with E-state index in [9.17, 15) is 4.79 Å². The Balaban J connectivity index is 2.29. The van der Waals surface area contributed by atoms with Crippen molar-refractivity contribution < 1.29 is 4.79 Å². The summed E-state index contributed by atoms with van der Waals surface area (Å²) in [6.07, 6.45) is 0.511. The highest BCUT2D eigenvalue weighted by Crippen LogP contribution is 2.24. The molecule has 0 fully saturated rings. The highest BCUT2D eigenvalue weighted by molar-refractivity contribution is 7.14. The van der Waals surface area contributed by atoms with Gasteiger partial charge in [-0.3, -0.25) is 4.79 Å². The van der Waals surface area contributed by atoms with Crippen LogP contribution in [0.1, 0.15) is 42.4 Å². The average molecular weight is 272 g/mol. The van der Waals surface area contributed by atoms with Gasteiger partial charge in [0, 0.05) is 11.3 Å². The van der Waals surface area contributed by atoms with E-state index in [0.29, 0.717) is 6.42 Å². The van der Waals surface area contributed by atoms with Crippen LogP contribution in [0, 0.1) is 34.6 Å². The summed E-state index contributed by atoms with van der Waals surface area (Å²) in [4.78, 5) is 14.5. The van der Waals surface area contributed by atoms with Crippen LogP contribution in [0.15, 0.2) is 18.2 Å². The van der Waals surface area contributed by atoms with Gasteiger partial charge in [0.2, 0.25) is 0 Å². The van der Waals surface area contributed by atoms with E-state index in [-0.39, 0.29) is 5.78 Å². The Labute approximate surface area is 119 Å². The fraction of sp³-hybridized carbons (Fsp3) is 0.353. The molecular formula is C17H20OS. The number of hydrogen-bond acceptors (Lipinski definition) is 2. The van der Waals surface area contributed by atoms with Gasteiger partial charge in [0.25, 0.3) is 0 Å². The molecule has 0 N–H and O–H groups in total. The number of carbonyl (C=O) groups excluding carboxylic acids is 1. The topological polar surface area (TPSA) is 17.1 Å². The molecule has 1 aromatic heterocycles. The first-order chi connectivity index (χ1) is 8.88. The molecule has 1 nitrogen and oxygen atoms in total. The molecule has 0 unspecified atom stereocenters.